The van der Waals surface area contributed by atoms with Gasteiger partial charge in [-0.15, -0.1) is 0 Å². The van der Waals surface area contributed by atoms with Crippen molar-refractivity contribution < 1.29 is 5.11 Å². The van der Waals surface area contributed by atoms with Crippen molar-refractivity contribution in [2.24, 2.45) is 5.73 Å². The Balaban J connectivity index is 1.77. The molecule has 1 aliphatic rings. The summed E-state index contributed by atoms with van der Waals surface area (Å²) >= 11 is 0. The molecule has 0 radical (unpaired) electrons. The van der Waals surface area contributed by atoms with Crippen LogP contribution in [0.15, 0.2) is 30.3 Å². The maximum absolute atomic E-state index is 10.0. The minimum atomic E-state index is -0.523. The molecular formula is C14H23N3O. The molecule has 0 spiro atoms. The highest BCUT2D eigenvalue weighted by atomic mass is 16.3. The summed E-state index contributed by atoms with van der Waals surface area (Å²) in [5.74, 6) is 0.385. The van der Waals surface area contributed by atoms with Gasteiger partial charge in [0.15, 0.2) is 0 Å². The fraction of sp³-hybridized carbons (Fsp3) is 0.571. The normalized spacial score (nSPS) is 27.1. The Morgan fingerprint density at radius 1 is 1.44 bits per heavy atom. The molecule has 0 aliphatic carbocycles. The smallest absolute Gasteiger partial charge is 0.120 e. The number of benzene rings is 1. The summed E-state index contributed by atoms with van der Waals surface area (Å²) in [6.45, 7) is 3.71. The summed E-state index contributed by atoms with van der Waals surface area (Å²) in [7, 11) is 0. The molecular weight excluding hydrogens is 226 g/mol. The van der Waals surface area contributed by atoms with Gasteiger partial charge in [-0.3, -0.25) is 5.32 Å². The average Bonchev–Trinajstić information content (AvgIpc) is 2.83. The Morgan fingerprint density at radius 2 is 2.17 bits per heavy atom. The zero-order valence-corrected chi connectivity index (χ0v) is 10.8. The van der Waals surface area contributed by atoms with Crippen LogP contribution in [-0.4, -0.2) is 36.5 Å². The lowest BCUT2D eigenvalue weighted by Gasteiger charge is -2.22. The lowest BCUT2D eigenvalue weighted by molar-refractivity contribution is 0.0995. The first kappa shape index (κ1) is 13.5. The average molecular weight is 249 g/mol. The Bertz CT molecular complexity index is 357. The van der Waals surface area contributed by atoms with Gasteiger partial charge < -0.3 is 16.2 Å². The van der Waals surface area contributed by atoms with E-state index in [0.717, 1.165) is 19.5 Å². The first-order valence-electron chi connectivity index (χ1n) is 6.62. The highest BCUT2D eigenvalue weighted by molar-refractivity contribution is 5.19. The van der Waals surface area contributed by atoms with Gasteiger partial charge in [0.2, 0.25) is 0 Å². The second-order valence-electron chi connectivity index (χ2n) is 5.18. The molecule has 1 saturated heterocycles. The Kier molecular flexibility index (Phi) is 4.72. The SMILES string of the molecule is CC(CNC(O)C1CC(N)CN1)c1ccccc1. The minimum absolute atomic E-state index is 0.0722. The van der Waals surface area contributed by atoms with Gasteiger partial charge in [-0.05, 0) is 17.9 Å². The van der Waals surface area contributed by atoms with Gasteiger partial charge in [-0.2, -0.15) is 0 Å². The number of hydrogen-bond acceptors (Lipinski definition) is 4. The van der Waals surface area contributed by atoms with E-state index in [1.807, 2.05) is 18.2 Å². The predicted molar refractivity (Wildman–Crippen MR) is 73.2 cm³/mol. The van der Waals surface area contributed by atoms with Crippen LogP contribution in [0.5, 0.6) is 0 Å². The monoisotopic (exact) mass is 249 g/mol. The van der Waals surface area contributed by atoms with Crippen LogP contribution in [0.25, 0.3) is 0 Å². The van der Waals surface area contributed by atoms with Crippen molar-refractivity contribution >= 4 is 0 Å². The molecule has 0 aromatic heterocycles. The first-order valence-corrected chi connectivity index (χ1v) is 6.62. The van der Waals surface area contributed by atoms with Gasteiger partial charge in [-0.1, -0.05) is 37.3 Å². The summed E-state index contributed by atoms with van der Waals surface area (Å²) < 4.78 is 0. The molecule has 1 heterocycles. The summed E-state index contributed by atoms with van der Waals surface area (Å²) in [5.41, 5.74) is 7.09. The summed E-state index contributed by atoms with van der Waals surface area (Å²) in [5, 5.41) is 16.4. The largest absolute Gasteiger partial charge is 0.377 e. The van der Waals surface area contributed by atoms with Crippen molar-refractivity contribution in [1.82, 2.24) is 10.6 Å². The zero-order chi connectivity index (χ0) is 13.0. The topological polar surface area (TPSA) is 70.3 Å². The van der Waals surface area contributed by atoms with Crippen molar-refractivity contribution in [3.63, 3.8) is 0 Å². The van der Waals surface area contributed by atoms with E-state index in [1.54, 1.807) is 0 Å². The number of hydrogen-bond donors (Lipinski definition) is 4. The molecule has 1 aromatic rings. The second kappa shape index (κ2) is 6.29. The van der Waals surface area contributed by atoms with Gasteiger partial charge in [0.1, 0.15) is 6.23 Å². The van der Waals surface area contributed by atoms with Gasteiger partial charge >= 0.3 is 0 Å². The van der Waals surface area contributed by atoms with Gasteiger partial charge in [0, 0.05) is 25.2 Å². The highest BCUT2D eigenvalue weighted by Crippen LogP contribution is 2.14. The first-order chi connectivity index (χ1) is 8.66. The molecule has 1 fully saturated rings. The number of aliphatic hydroxyl groups excluding tert-OH is 1. The third kappa shape index (κ3) is 3.53. The Labute approximate surface area is 109 Å². The number of aliphatic hydroxyl groups is 1. The summed E-state index contributed by atoms with van der Waals surface area (Å²) in [4.78, 5) is 0. The van der Waals surface area contributed by atoms with Crippen molar-refractivity contribution in [1.29, 1.82) is 0 Å². The van der Waals surface area contributed by atoms with Crippen LogP contribution in [0.3, 0.4) is 0 Å². The van der Waals surface area contributed by atoms with Crippen molar-refractivity contribution in [2.75, 3.05) is 13.1 Å². The van der Waals surface area contributed by atoms with Crippen LogP contribution in [0, 0.1) is 0 Å². The van der Waals surface area contributed by atoms with Crippen molar-refractivity contribution in [2.45, 2.75) is 37.6 Å². The molecule has 1 aromatic carbocycles. The molecule has 2 rings (SSSR count). The fourth-order valence-corrected chi connectivity index (χ4v) is 2.38. The van der Waals surface area contributed by atoms with Crippen LogP contribution in [0.2, 0.25) is 0 Å². The highest BCUT2D eigenvalue weighted by Gasteiger charge is 2.27. The number of rotatable bonds is 5. The lowest BCUT2D eigenvalue weighted by Crippen LogP contribution is -2.45. The lowest BCUT2D eigenvalue weighted by atomic mass is 10.0. The minimum Gasteiger partial charge on any atom is -0.377 e. The van der Waals surface area contributed by atoms with Crippen LogP contribution in [0.4, 0.5) is 0 Å². The molecule has 1 aliphatic heterocycles. The zero-order valence-electron chi connectivity index (χ0n) is 10.8. The standard InChI is InChI=1S/C14H23N3O/c1-10(11-5-3-2-4-6-11)8-17-14(18)13-7-12(15)9-16-13/h2-6,10,12-14,16-18H,7-9,15H2,1H3. The summed E-state index contributed by atoms with van der Waals surface area (Å²) in [6, 6.07) is 10.6. The van der Waals surface area contributed by atoms with E-state index in [4.69, 9.17) is 5.73 Å². The fourth-order valence-electron chi connectivity index (χ4n) is 2.38. The van der Waals surface area contributed by atoms with E-state index >= 15 is 0 Å². The quantitative estimate of drug-likeness (QED) is 0.570. The van der Waals surface area contributed by atoms with Crippen LogP contribution in [-0.2, 0) is 0 Å². The second-order valence-corrected chi connectivity index (χ2v) is 5.18. The van der Waals surface area contributed by atoms with Crippen LogP contribution in [0.1, 0.15) is 24.8 Å². The number of nitrogens with two attached hydrogens (primary N) is 1. The molecule has 100 valence electrons. The van der Waals surface area contributed by atoms with E-state index in [9.17, 15) is 5.11 Å². The molecule has 18 heavy (non-hydrogen) atoms. The van der Waals surface area contributed by atoms with E-state index < -0.39 is 6.23 Å². The van der Waals surface area contributed by atoms with E-state index in [0.29, 0.717) is 5.92 Å². The third-order valence-corrected chi connectivity index (χ3v) is 3.58. The molecule has 0 saturated carbocycles. The molecule has 0 bridgehead atoms. The Hall–Kier alpha value is -0.940. The van der Waals surface area contributed by atoms with Gasteiger partial charge in [-0.25, -0.2) is 0 Å². The Morgan fingerprint density at radius 3 is 2.78 bits per heavy atom. The van der Waals surface area contributed by atoms with E-state index in [1.165, 1.54) is 5.56 Å². The molecule has 5 N–H and O–H groups in total. The molecule has 4 heteroatoms. The van der Waals surface area contributed by atoms with Crippen LogP contribution >= 0.6 is 0 Å². The predicted octanol–water partition coefficient (Wildman–Crippen LogP) is 0.387. The number of nitrogens with one attached hydrogen (secondary N) is 2. The van der Waals surface area contributed by atoms with E-state index in [2.05, 4.69) is 29.7 Å². The molecule has 4 nitrogen and oxygen atoms in total. The van der Waals surface area contributed by atoms with Gasteiger partial charge in [0.25, 0.3) is 0 Å². The van der Waals surface area contributed by atoms with Crippen molar-refractivity contribution in [3.05, 3.63) is 35.9 Å². The summed E-state index contributed by atoms with van der Waals surface area (Å²) in [6.07, 6.45) is 0.304. The molecule has 4 atom stereocenters. The maximum Gasteiger partial charge on any atom is 0.120 e. The van der Waals surface area contributed by atoms with Crippen molar-refractivity contribution in [3.8, 4) is 0 Å². The van der Waals surface area contributed by atoms with Gasteiger partial charge in [0.05, 0.1) is 0 Å². The molecule has 4 unspecified atom stereocenters. The van der Waals surface area contributed by atoms with E-state index in [-0.39, 0.29) is 12.1 Å². The van der Waals surface area contributed by atoms with Crippen LogP contribution < -0.4 is 16.4 Å². The molecule has 0 amide bonds. The maximum atomic E-state index is 10.0. The third-order valence-electron chi connectivity index (χ3n) is 3.58.